The molecular formula is C24H23NO7. The van der Waals surface area contributed by atoms with Crippen molar-refractivity contribution in [3.05, 3.63) is 83.9 Å². The summed E-state index contributed by atoms with van der Waals surface area (Å²) in [7, 11) is 0. The zero-order chi connectivity index (χ0) is 22.2. The molecule has 2 saturated heterocycles. The molecule has 3 heterocycles. The molecule has 0 saturated carbocycles. The first-order valence-corrected chi connectivity index (χ1v) is 10.4. The Bertz CT molecular complexity index is 991. The third kappa shape index (κ3) is 3.46. The second-order valence-electron chi connectivity index (χ2n) is 7.85. The van der Waals surface area contributed by atoms with E-state index in [1.807, 2.05) is 30.3 Å². The van der Waals surface area contributed by atoms with Crippen LogP contribution in [0.4, 0.5) is 0 Å². The van der Waals surface area contributed by atoms with Crippen LogP contribution in [0, 0.1) is 0 Å². The normalized spacial score (nSPS) is 31.8. The molecule has 8 nitrogen and oxygen atoms in total. The predicted octanol–water partition coefficient (Wildman–Crippen LogP) is 2.05. The molecule has 1 N–H and O–H groups in total. The molecule has 3 aliphatic heterocycles. The van der Waals surface area contributed by atoms with Gasteiger partial charge in [0, 0.05) is 5.56 Å². The summed E-state index contributed by atoms with van der Waals surface area (Å²) in [4.78, 5) is 27.3. The third-order valence-electron chi connectivity index (χ3n) is 5.91. The average molecular weight is 437 g/mol. The molecule has 5 rings (SSSR count). The molecule has 0 radical (unpaired) electrons. The van der Waals surface area contributed by atoms with E-state index in [1.165, 1.54) is 6.08 Å². The topological polar surface area (TPSA) is 94.5 Å². The quantitative estimate of drug-likeness (QED) is 0.565. The number of benzene rings is 2. The molecule has 0 aromatic heterocycles. The van der Waals surface area contributed by atoms with Gasteiger partial charge in [0.25, 0.3) is 11.8 Å². The van der Waals surface area contributed by atoms with Crippen molar-refractivity contribution in [2.75, 3.05) is 13.2 Å². The lowest BCUT2D eigenvalue weighted by Gasteiger charge is -2.49. The third-order valence-corrected chi connectivity index (χ3v) is 5.91. The van der Waals surface area contributed by atoms with Gasteiger partial charge in [0.15, 0.2) is 12.6 Å². The van der Waals surface area contributed by atoms with Crippen LogP contribution in [0.2, 0.25) is 0 Å². The Kier molecular flexibility index (Phi) is 5.62. The van der Waals surface area contributed by atoms with Gasteiger partial charge in [0.1, 0.15) is 24.4 Å². The maximum atomic E-state index is 13.1. The predicted molar refractivity (Wildman–Crippen MR) is 112 cm³/mol. The van der Waals surface area contributed by atoms with E-state index < -0.39 is 48.7 Å². The lowest BCUT2D eigenvalue weighted by molar-refractivity contribution is -0.347. The first-order chi connectivity index (χ1) is 15.6. The maximum Gasteiger partial charge on any atom is 0.262 e. The van der Waals surface area contributed by atoms with Crippen molar-refractivity contribution in [2.45, 2.75) is 36.9 Å². The van der Waals surface area contributed by atoms with Crippen LogP contribution in [-0.4, -0.2) is 65.7 Å². The molecule has 0 bridgehead atoms. The zero-order valence-electron chi connectivity index (χ0n) is 17.2. The molecule has 0 aliphatic carbocycles. The zero-order valence-corrected chi connectivity index (χ0v) is 17.2. The number of aliphatic hydroxyl groups is 1. The van der Waals surface area contributed by atoms with E-state index in [-0.39, 0.29) is 24.3 Å². The van der Waals surface area contributed by atoms with E-state index in [2.05, 4.69) is 6.58 Å². The van der Waals surface area contributed by atoms with Gasteiger partial charge in [-0.2, -0.15) is 0 Å². The smallest absolute Gasteiger partial charge is 0.262 e. The molecule has 166 valence electrons. The lowest BCUT2D eigenvalue weighted by atomic mass is 9.94. The number of aliphatic hydroxyl groups excluding tert-OH is 1. The second-order valence-corrected chi connectivity index (χ2v) is 7.85. The number of ether oxygens (including phenoxy) is 4. The van der Waals surface area contributed by atoms with Crippen molar-refractivity contribution in [2.24, 2.45) is 0 Å². The van der Waals surface area contributed by atoms with E-state index in [9.17, 15) is 14.7 Å². The Hall–Kier alpha value is -2.88. The van der Waals surface area contributed by atoms with Gasteiger partial charge in [0.2, 0.25) is 0 Å². The summed E-state index contributed by atoms with van der Waals surface area (Å²) in [5.74, 6) is -1.01. The standard InChI is InChI=1S/C24H23NO7/c1-2-12-29-24-18(25-21(27)15-10-6-7-11-16(15)22(25)28)19(26)20-17(31-24)13-30-23(32-20)14-8-4-3-5-9-14/h2-11,17-20,23-24,26H,1,12-13H2/t17-,18-,19+,20-,23?,24-/m1/s1. The van der Waals surface area contributed by atoms with E-state index in [0.717, 1.165) is 10.5 Å². The highest BCUT2D eigenvalue weighted by atomic mass is 16.7. The molecule has 8 heteroatoms. The number of rotatable bonds is 5. The summed E-state index contributed by atoms with van der Waals surface area (Å²) >= 11 is 0. The second kappa shape index (κ2) is 8.57. The van der Waals surface area contributed by atoms with Crippen molar-refractivity contribution in [1.29, 1.82) is 0 Å². The van der Waals surface area contributed by atoms with Gasteiger partial charge >= 0.3 is 0 Å². The molecular weight excluding hydrogens is 414 g/mol. The van der Waals surface area contributed by atoms with Gasteiger partial charge < -0.3 is 24.1 Å². The Morgan fingerprint density at radius 2 is 1.69 bits per heavy atom. The minimum absolute atomic E-state index is 0.114. The molecule has 2 aromatic carbocycles. The maximum absolute atomic E-state index is 13.1. The van der Waals surface area contributed by atoms with Crippen LogP contribution in [0.5, 0.6) is 0 Å². The molecule has 0 spiro atoms. The number of nitrogens with zero attached hydrogens (tertiary/aromatic N) is 1. The van der Waals surface area contributed by atoms with Crippen LogP contribution in [0.15, 0.2) is 67.3 Å². The molecule has 2 fully saturated rings. The number of imide groups is 1. The Labute approximate surface area is 184 Å². The first kappa shape index (κ1) is 21.0. The Morgan fingerprint density at radius 3 is 2.34 bits per heavy atom. The van der Waals surface area contributed by atoms with Crippen LogP contribution in [0.25, 0.3) is 0 Å². The molecule has 2 amide bonds. The van der Waals surface area contributed by atoms with Crippen LogP contribution >= 0.6 is 0 Å². The van der Waals surface area contributed by atoms with E-state index in [4.69, 9.17) is 18.9 Å². The van der Waals surface area contributed by atoms with Gasteiger partial charge in [-0.1, -0.05) is 48.5 Å². The van der Waals surface area contributed by atoms with Gasteiger partial charge in [-0.05, 0) is 12.1 Å². The summed E-state index contributed by atoms with van der Waals surface area (Å²) in [5, 5.41) is 11.4. The van der Waals surface area contributed by atoms with Crippen molar-refractivity contribution in [3.8, 4) is 0 Å². The monoisotopic (exact) mass is 437 g/mol. The first-order valence-electron chi connectivity index (χ1n) is 10.4. The summed E-state index contributed by atoms with van der Waals surface area (Å²) in [5.41, 5.74) is 1.36. The van der Waals surface area contributed by atoms with Crippen LogP contribution in [0.1, 0.15) is 32.6 Å². The van der Waals surface area contributed by atoms with Crippen LogP contribution < -0.4 is 0 Å². The number of amides is 2. The van der Waals surface area contributed by atoms with Crippen LogP contribution in [-0.2, 0) is 18.9 Å². The number of hydrogen-bond acceptors (Lipinski definition) is 7. The fourth-order valence-electron chi connectivity index (χ4n) is 4.41. The summed E-state index contributed by atoms with van der Waals surface area (Å²) in [6, 6.07) is 14.8. The number of hydrogen-bond donors (Lipinski definition) is 1. The van der Waals surface area contributed by atoms with Gasteiger partial charge in [-0.25, -0.2) is 0 Å². The van der Waals surface area contributed by atoms with Crippen molar-refractivity contribution >= 4 is 11.8 Å². The van der Waals surface area contributed by atoms with Gasteiger partial charge in [-0.3, -0.25) is 14.5 Å². The number of fused-ring (bicyclic) bond motifs is 2. The molecule has 6 atom stereocenters. The highest BCUT2D eigenvalue weighted by Gasteiger charge is 2.55. The van der Waals surface area contributed by atoms with Gasteiger partial charge in [0.05, 0.1) is 24.3 Å². The largest absolute Gasteiger partial charge is 0.388 e. The highest BCUT2D eigenvalue weighted by molar-refractivity contribution is 6.21. The molecule has 1 unspecified atom stereocenters. The van der Waals surface area contributed by atoms with E-state index in [1.54, 1.807) is 24.3 Å². The fourth-order valence-corrected chi connectivity index (χ4v) is 4.41. The van der Waals surface area contributed by atoms with Crippen LogP contribution in [0.3, 0.4) is 0 Å². The summed E-state index contributed by atoms with van der Waals surface area (Å²) in [6.45, 7) is 3.90. The summed E-state index contributed by atoms with van der Waals surface area (Å²) < 4.78 is 23.6. The highest BCUT2D eigenvalue weighted by Crippen LogP contribution is 2.38. The fraction of sp³-hybridized carbons (Fsp3) is 0.333. The average Bonchev–Trinajstić information content (AvgIpc) is 3.08. The Morgan fingerprint density at radius 1 is 1.03 bits per heavy atom. The van der Waals surface area contributed by atoms with E-state index >= 15 is 0 Å². The van der Waals surface area contributed by atoms with Gasteiger partial charge in [-0.15, -0.1) is 6.58 Å². The minimum Gasteiger partial charge on any atom is -0.388 e. The van der Waals surface area contributed by atoms with Crippen molar-refractivity contribution in [1.82, 2.24) is 4.90 Å². The number of carbonyl (C=O) groups is 2. The number of carbonyl (C=O) groups excluding carboxylic acids is 2. The van der Waals surface area contributed by atoms with E-state index in [0.29, 0.717) is 0 Å². The van der Waals surface area contributed by atoms with Crippen molar-refractivity contribution in [3.63, 3.8) is 0 Å². The van der Waals surface area contributed by atoms with Crippen molar-refractivity contribution < 1.29 is 33.6 Å². The summed E-state index contributed by atoms with van der Waals surface area (Å²) in [6.07, 6.45) is -2.95. The molecule has 3 aliphatic rings. The lowest BCUT2D eigenvalue weighted by Crippen LogP contribution is -2.67. The molecule has 32 heavy (non-hydrogen) atoms. The minimum atomic E-state index is -1.25. The SMILES string of the molecule is C=CCO[C@@H]1O[C@@H]2COC(c3ccccc3)O[C@H]2[C@@H](O)[C@H]1N1C(=O)c2ccccc2C1=O. The molecule has 2 aromatic rings. The Balaban J connectivity index is 1.46.